The molecule has 1 aromatic carbocycles. The molecule has 0 saturated carbocycles. The molecule has 0 unspecified atom stereocenters. The van der Waals surface area contributed by atoms with Crippen LogP contribution in [0.4, 0.5) is 0 Å². The monoisotopic (exact) mass is 331 g/mol. The Balaban J connectivity index is 2.18. The number of carboxylic acids is 1. The van der Waals surface area contributed by atoms with Crippen molar-refractivity contribution in [1.82, 2.24) is 4.90 Å². The van der Waals surface area contributed by atoms with Crippen molar-refractivity contribution in [2.45, 2.75) is 12.8 Å². The average Bonchev–Trinajstić information content (AvgIpc) is 2.49. The van der Waals surface area contributed by atoms with Crippen molar-refractivity contribution in [1.29, 1.82) is 0 Å². The molecule has 1 fully saturated rings. The molecule has 1 saturated heterocycles. The lowest BCUT2D eigenvalue weighted by molar-refractivity contribution is -0.143. The van der Waals surface area contributed by atoms with Crippen molar-refractivity contribution in [2.24, 2.45) is 5.92 Å². The van der Waals surface area contributed by atoms with Gasteiger partial charge in [0, 0.05) is 19.2 Å². The number of aliphatic carboxylic acids is 1. The summed E-state index contributed by atoms with van der Waals surface area (Å²) in [5.41, 5.74) is 0.334. The number of carbonyl (C=O) groups is 2. The van der Waals surface area contributed by atoms with Gasteiger partial charge in [-0.2, -0.15) is 0 Å². The third-order valence-electron chi connectivity index (χ3n) is 3.60. The van der Waals surface area contributed by atoms with Crippen molar-refractivity contribution >= 4 is 35.1 Å². The molecule has 0 aromatic heterocycles. The zero-order valence-electron chi connectivity index (χ0n) is 11.4. The Hall–Kier alpha value is -1.46. The number of piperidine rings is 1. The SMILES string of the molecule is COc1cc(Cl)c(Cl)cc1C(=O)N1CCC(C(=O)O)CC1. The largest absolute Gasteiger partial charge is 0.496 e. The summed E-state index contributed by atoms with van der Waals surface area (Å²) in [5, 5.41) is 9.57. The van der Waals surface area contributed by atoms with Crippen LogP contribution in [0.25, 0.3) is 0 Å². The lowest BCUT2D eigenvalue weighted by atomic mass is 9.96. The predicted octanol–water partition coefficient (Wildman–Crippen LogP) is 2.94. The van der Waals surface area contributed by atoms with Gasteiger partial charge in [-0.3, -0.25) is 9.59 Å². The maximum atomic E-state index is 12.5. The Kier molecular flexibility index (Phi) is 4.96. The number of ether oxygens (including phenoxy) is 1. The minimum absolute atomic E-state index is 0.228. The smallest absolute Gasteiger partial charge is 0.306 e. The molecule has 21 heavy (non-hydrogen) atoms. The van der Waals surface area contributed by atoms with Crippen molar-refractivity contribution in [3.8, 4) is 5.75 Å². The van der Waals surface area contributed by atoms with Gasteiger partial charge in [0.05, 0.1) is 28.6 Å². The Bertz CT molecular complexity index is 568. The van der Waals surface area contributed by atoms with Crippen LogP contribution in [0, 0.1) is 5.92 Å². The van der Waals surface area contributed by atoms with Gasteiger partial charge in [0.1, 0.15) is 5.75 Å². The predicted molar refractivity (Wildman–Crippen MR) is 79.3 cm³/mol. The molecular weight excluding hydrogens is 317 g/mol. The first kappa shape index (κ1) is 15.9. The van der Waals surface area contributed by atoms with Gasteiger partial charge >= 0.3 is 5.97 Å². The summed E-state index contributed by atoms with van der Waals surface area (Å²) in [6.45, 7) is 0.804. The van der Waals surface area contributed by atoms with Crippen LogP contribution in [-0.2, 0) is 4.79 Å². The fraction of sp³-hybridized carbons (Fsp3) is 0.429. The van der Waals surface area contributed by atoms with E-state index in [9.17, 15) is 9.59 Å². The van der Waals surface area contributed by atoms with Crippen LogP contribution in [0.3, 0.4) is 0 Å². The first-order chi connectivity index (χ1) is 9.93. The van der Waals surface area contributed by atoms with Gasteiger partial charge < -0.3 is 14.7 Å². The van der Waals surface area contributed by atoms with Crippen molar-refractivity contribution in [3.05, 3.63) is 27.7 Å². The van der Waals surface area contributed by atoms with E-state index >= 15 is 0 Å². The highest BCUT2D eigenvalue weighted by Gasteiger charge is 2.29. The summed E-state index contributed by atoms with van der Waals surface area (Å²) in [4.78, 5) is 25.1. The fourth-order valence-corrected chi connectivity index (χ4v) is 2.68. The highest BCUT2D eigenvalue weighted by atomic mass is 35.5. The summed E-state index contributed by atoms with van der Waals surface area (Å²) in [6.07, 6.45) is 0.898. The van der Waals surface area contributed by atoms with Crippen LogP contribution in [0.1, 0.15) is 23.2 Å². The van der Waals surface area contributed by atoms with E-state index in [1.165, 1.54) is 19.2 Å². The van der Waals surface area contributed by atoms with Crippen molar-refractivity contribution in [3.63, 3.8) is 0 Å². The molecule has 1 amide bonds. The van der Waals surface area contributed by atoms with Crippen LogP contribution in [0.5, 0.6) is 5.75 Å². The Labute approximate surface area is 132 Å². The van der Waals surface area contributed by atoms with E-state index < -0.39 is 5.97 Å². The summed E-state index contributed by atoms with van der Waals surface area (Å²) < 4.78 is 5.17. The molecule has 1 aliphatic heterocycles. The number of nitrogens with zero attached hydrogens (tertiary/aromatic N) is 1. The maximum Gasteiger partial charge on any atom is 0.306 e. The minimum atomic E-state index is -0.811. The van der Waals surface area contributed by atoms with Gasteiger partial charge in [0.2, 0.25) is 0 Å². The molecule has 7 heteroatoms. The number of amides is 1. The number of rotatable bonds is 3. The Morgan fingerprint density at radius 3 is 2.33 bits per heavy atom. The van der Waals surface area contributed by atoms with Crippen LogP contribution in [0.15, 0.2) is 12.1 Å². The molecule has 0 radical (unpaired) electrons. The molecule has 1 aromatic rings. The summed E-state index contributed by atoms with van der Waals surface area (Å²) >= 11 is 11.9. The van der Waals surface area contributed by atoms with E-state index in [0.717, 1.165) is 0 Å². The highest BCUT2D eigenvalue weighted by Crippen LogP contribution is 2.32. The number of carbonyl (C=O) groups excluding carboxylic acids is 1. The molecule has 0 atom stereocenters. The molecule has 0 aliphatic carbocycles. The molecular formula is C14H15Cl2NO4. The van der Waals surface area contributed by atoms with Gasteiger partial charge in [-0.1, -0.05) is 23.2 Å². The van der Waals surface area contributed by atoms with Gasteiger partial charge in [-0.05, 0) is 18.9 Å². The lowest BCUT2D eigenvalue weighted by Gasteiger charge is -2.30. The third kappa shape index (κ3) is 3.41. The molecule has 0 bridgehead atoms. The normalized spacial score (nSPS) is 15.9. The van der Waals surface area contributed by atoms with Crippen molar-refractivity contribution in [2.75, 3.05) is 20.2 Å². The van der Waals surface area contributed by atoms with Crippen LogP contribution >= 0.6 is 23.2 Å². The van der Waals surface area contributed by atoms with Crippen LogP contribution in [-0.4, -0.2) is 42.1 Å². The highest BCUT2D eigenvalue weighted by molar-refractivity contribution is 6.42. The number of carboxylic acid groups (broad SMARTS) is 1. The molecule has 1 heterocycles. The second kappa shape index (κ2) is 6.54. The van der Waals surface area contributed by atoms with E-state index in [0.29, 0.717) is 42.3 Å². The quantitative estimate of drug-likeness (QED) is 0.924. The Morgan fingerprint density at radius 1 is 1.24 bits per heavy atom. The summed E-state index contributed by atoms with van der Waals surface area (Å²) in [6, 6.07) is 2.98. The van der Waals surface area contributed by atoms with Gasteiger partial charge in [-0.15, -0.1) is 0 Å². The van der Waals surface area contributed by atoms with Crippen LogP contribution in [0.2, 0.25) is 10.0 Å². The maximum absolute atomic E-state index is 12.5. The minimum Gasteiger partial charge on any atom is -0.496 e. The first-order valence-corrected chi connectivity index (χ1v) is 7.24. The summed E-state index contributed by atoms with van der Waals surface area (Å²) in [7, 11) is 1.45. The zero-order valence-corrected chi connectivity index (χ0v) is 12.9. The Morgan fingerprint density at radius 2 is 1.81 bits per heavy atom. The number of likely N-dealkylation sites (tertiary alicyclic amines) is 1. The van der Waals surface area contributed by atoms with E-state index in [-0.39, 0.29) is 16.8 Å². The molecule has 1 aliphatic rings. The second-order valence-electron chi connectivity index (χ2n) is 4.87. The standard InChI is InChI=1S/C14H15Cl2NO4/c1-21-12-7-11(16)10(15)6-9(12)13(18)17-4-2-8(3-5-17)14(19)20/h6-8H,2-5H2,1H3,(H,19,20). The molecule has 1 N–H and O–H groups in total. The lowest BCUT2D eigenvalue weighted by Crippen LogP contribution is -2.40. The van der Waals surface area contributed by atoms with Gasteiger partial charge in [0.15, 0.2) is 0 Å². The topological polar surface area (TPSA) is 66.8 Å². The summed E-state index contributed by atoms with van der Waals surface area (Å²) in [5.74, 6) is -1.07. The van der Waals surface area contributed by atoms with E-state index in [4.69, 9.17) is 33.0 Å². The zero-order chi connectivity index (χ0) is 15.6. The average molecular weight is 332 g/mol. The van der Waals surface area contributed by atoms with E-state index in [2.05, 4.69) is 0 Å². The first-order valence-electron chi connectivity index (χ1n) is 6.49. The molecule has 2 rings (SSSR count). The number of halogens is 2. The van der Waals surface area contributed by atoms with Gasteiger partial charge in [-0.25, -0.2) is 0 Å². The molecule has 114 valence electrons. The third-order valence-corrected chi connectivity index (χ3v) is 4.33. The fourth-order valence-electron chi connectivity index (χ4n) is 2.36. The second-order valence-corrected chi connectivity index (χ2v) is 5.69. The number of benzene rings is 1. The molecule has 0 spiro atoms. The van der Waals surface area contributed by atoms with Crippen molar-refractivity contribution < 1.29 is 19.4 Å². The molecule has 5 nitrogen and oxygen atoms in total. The van der Waals surface area contributed by atoms with Gasteiger partial charge in [0.25, 0.3) is 5.91 Å². The number of hydrogen-bond acceptors (Lipinski definition) is 3. The number of methoxy groups -OCH3 is 1. The van der Waals surface area contributed by atoms with Crippen LogP contribution < -0.4 is 4.74 Å². The number of hydrogen-bond donors (Lipinski definition) is 1. The van der Waals surface area contributed by atoms with E-state index in [1.54, 1.807) is 4.90 Å². The van der Waals surface area contributed by atoms with E-state index in [1.807, 2.05) is 0 Å².